The molecule has 1 aromatic carbocycles. The minimum absolute atomic E-state index is 0.0239. The van der Waals surface area contributed by atoms with Crippen LogP contribution in [0.25, 0.3) is 11.1 Å². The quantitative estimate of drug-likeness (QED) is 0.385. The minimum atomic E-state index is -0.593. The topological polar surface area (TPSA) is 135 Å². The van der Waals surface area contributed by atoms with Crippen molar-refractivity contribution in [3.8, 4) is 11.1 Å². The van der Waals surface area contributed by atoms with E-state index in [1.165, 1.54) is 7.11 Å². The minimum Gasteiger partial charge on any atom is -0.453 e. The number of amides is 3. The first kappa shape index (κ1) is 27.1. The number of aromatic nitrogens is 1. The molecule has 9 heteroatoms. The summed E-state index contributed by atoms with van der Waals surface area (Å²) < 4.78 is 4.67. The number of carbonyl (C=O) groups excluding carboxylic acids is 3. The van der Waals surface area contributed by atoms with E-state index in [1.807, 2.05) is 25.1 Å². The van der Waals surface area contributed by atoms with Crippen LogP contribution in [0.1, 0.15) is 57.6 Å². The zero-order chi connectivity index (χ0) is 25.9. The summed E-state index contributed by atoms with van der Waals surface area (Å²) in [5.41, 5.74) is 9.18. The summed E-state index contributed by atoms with van der Waals surface area (Å²) >= 11 is 0. The Morgan fingerprint density at radius 2 is 1.86 bits per heavy atom. The predicted octanol–water partition coefficient (Wildman–Crippen LogP) is 4.44. The van der Waals surface area contributed by atoms with Crippen molar-refractivity contribution in [2.45, 2.75) is 58.4 Å². The number of ether oxygens (including phenoxy) is 1. The fourth-order valence-electron chi connectivity index (χ4n) is 4.42. The van der Waals surface area contributed by atoms with E-state index in [9.17, 15) is 14.4 Å². The first-order valence-corrected chi connectivity index (χ1v) is 12.6. The molecule has 1 aliphatic carbocycles. The highest BCUT2D eigenvalue weighted by molar-refractivity contribution is 5.97. The molecule has 0 saturated heterocycles. The Bertz CT molecular complexity index is 1050. The van der Waals surface area contributed by atoms with E-state index in [4.69, 9.17) is 5.73 Å². The van der Waals surface area contributed by atoms with Crippen LogP contribution in [0.2, 0.25) is 0 Å². The van der Waals surface area contributed by atoms with Crippen LogP contribution in [-0.4, -0.2) is 36.5 Å². The van der Waals surface area contributed by atoms with Crippen molar-refractivity contribution in [3.05, 3.63) is 42.2 Å². The largest absolute Gasteiger partial charge is 0.453 e. The molecule has 1 saturated carbocycles. The molecule has 5 N–H and O–H groups in total. The van der Waals surface area contributed by atoms with E-state index < -0.39 is 6.09 Å². The summed E-state index contributed by atoms with van der Waals surface area (Å²) in [6.07, 6.45) is 6.93. The maximum Gasteiger partial charge on any atom is 0.411 e. The van der Waals surface area contributed by atoms with E-state index in [-0.39, 0.29) is 17.7 Å². The molecule has 0 radical (unpaired) electrons. The number of unbranched alkanes of at least 4 members (excludes halogenated alkanes) is 1. The third kappa shape index (κ3) is 7.78. The molecule has 3 amide bonds. The number of nitrogens with zero attached hydrogens (tertiary/aromatic N) is 1. The Morgan fingerprint density at radius 1 is 1.08 bits per heavy atom. The number of carbonyl (C=O) groups is 3. The number of hydrogen-bond donors (Lipinski definition) is 4. The van der Waals surface area contributed by atoms with Gasteiger partial charge in [-0.05, 0) is 74.4 Å². The van der Waals surface area contributed by atoms with Gasteiger partial charge >= 0.3 is 6.09 Å². The summed E-state index contributed by atoms with van der Waals surface area (Å²) in [6, 6.07) is 9.03. The van der Waals surface area contributed by atoms with Crippen LogP contribution in [0.3, 0.4) is 0 Å². The van der Waals surface area contributed by atoms with Gasteiger partial charge in [0, 0.05) is 29.8 Å². The van der Waals surface area contributed by atoms with E-state index in [2.05, 4.69) is 25.7 Å². The first-order chi connectivity index (χ1) is 17.4. The summed E-state index contributed by atoms with van der Waals surface area (Å²) in [7, 11) is 1.29. The predicted molar refractivity (Wildman–Crippen MR) is 140 cm³/mol. The summed E-state index contributed by atoms with van der Waals surface area (Å²) in [5.74, 6) is 0.507. The van der Waals surface area contributed by atoms with Gasteiger partial charge in [0.2, 0.25) is 11.8 Å². The molecule has 0 atom stereocenters. The van der Waals surface area contributed by atoms with E-state index >= 15 is 0 Å². The summed E-state index contributed by atoms with van der Waals surface area (Å²) in [6.45, 7) is 3.04. The van der Waals surface area contributed by atoms with E-state index in [0.29, 0.717) is 36.8 Å². The SMILES string of the molecule is CCCCC(=O)Nc1cc(NC(=O)OC)ccc1-c1ccnc(CNC(=O)[C@H]2CC[C@H](CN)CC2)c1. The van der Waals surface area contributed by atoms with Crippen molar-refractivity contribution in [1.29, 1.82) is 0 Å². The van der Waals surface area contributed by atoms with Crippen LogP contribution >= 0.6 is 0 Å². The standard InChI is InChI=1S/C27H37N5O4/c1-3-4-5-25(33)32-24-15-21(31-27(35)36-2)10-11-23(24)20-12-13-29-22(14-20)17-30-26(34)19-8-6-18(16-28)7-9-19/h10-15,18-19H,3-9,16-17,28H2,1-2H3,(H,30,34)(H,31,35)(H,32,33)/t18-,19-. The second kappa shape index (κ2) is 13.6. The Morgan fingerprint density at radius 3 is 2.56 bits per heavy atom. The van der Waals surface area contributed by atoms with Crippen molar-refractivity contribution >= 4 is 29.3 Å². The van der Waals surface area contributed by atoms with Gasteiger partial charge in [0.25, 0.3) is 0 Å². The van der Waals surface area contributed by atoms with Gasteiger partial charge < -0.3 is 21.1 Å². The normalized spacial score (nSPS) is 17.2. The molecule has 2 aromatic rings. The molecule has 1 heterocycles. The van der Waals surface area contributed by atoms with Crippen LogP contribution < -0.4 is 21.7 Å². The average molecular weight is 496 g/mol. The first-order valence-electron chi connectivity index (χ1n) is 12.6. The zero-order valence-electron chi connectivity index (χ0n) is 21.1. The van der Waals surface area contributed by atoms with Crippen molar-refractivity contribution < 1.29 is 19.1 Å². The lowest BCUT2D eigenvalue weighted by atomic mass is 9.81. The number of pyridine rings is 1. The van der Waals surface area contributed by atoms with Crippen LogP contribution in [0.15, 0.2) is 36.5 Å². The third-order valence-electron chi connectivity index (χ3n) is 6.61. The van der Waals surface area contributed by atoms with Gasteiger partial charge in [0.1, 0.15) is 0 Å². The Hall–Kier alpha value is -3.46. The van der Waals surface area contributed by atoms with Gasteiger partial charge in [-0.25, -0.2) is 4.79 Å². The molecule has 0 spiro atoms. The number of nitrogens with one attached hydrogen (secondary N) is 3. The second-order valence-corrected chi connectivity index (χ2v) is 9.24. The van der Waals surface area contributed by atoms with Crippen LogP contribution in [-0.2, 0) is 20.9 Å². The summed E-state index contributed by atoms with van der Waals surface area (Å²) in [4.78, 5) is 41.2. The van der Waals surface area contributed by atoms with Gasteiger partial charge in [0.05, 0.1) is 25.0 Å². The fraction of sp³-hybridized carbons (Fsp3) is 0.481. The molecular weight excluding hydrogens is 458 g/mol. The van der Waals surface area contributed by atoms with Crippen LogP contribution in [0, 0.1) is 11.8 Å². The zero-order valence-corrected chi connectivity index (χ0v) is 21.1. The maximum absolute atomic E-state index is 12.7. The molecule has 1 fully saturated rings. The lowest BCUT2D eigenvalue weighted by Crippen LogP contribution is -2.34. The number of nitrogens with two attached hydrogens (primary N) is 1. The monoisotopic (exact) mass is 495 g/mol. The van der Waals surface area contributed by atoms with Crippen molar-refractivity contribution in [2.24, 2.45) is 17.6 Å². The lowest BCUT2D eigenvalue weighted by Gasteiger charge is -2.26. The smallest absolute Gasteiger partial charge is 0.411 e. The molecule has 9 nitrogen and oxygen atoms in total. The van der Waals surface area contributed by atoms with Crippen molar-refractivity contribution in [1.82, 2.24) is 10.3 Å². The van der Waals surface area contributed by atoms with Gasteiger partial charge in [-0.15, -0.1) is 0 Å². The maximum atomic E-state index is 12.7. The third-order valence-corrected chi connectivity index (χ3v) is 6.61. The number of anilines is 2. The van der Waals surface area contributed by atoms with Gasteiger partial charge in [-0.1, -0.05) is 19.4 Å². The molecule has 36 heavy (non-hydrogen) atoms. The number of methoxy groups -OCH3 is 1. The average Bonchev–Trinajstić information content (AvgIpc) is 2.90. The summed E-state index contributed by atoms with van der Waals surface area (Å²) in [5, 5.41) is 8.62. The molecule has 0 unspecified atom stereocenters. The molecule has 3 rings (SSSR count). The van der Waals surface area contributed by atoms with E-state index in [0.717, 1.165) is 55.3 Å². The number of rotatable bonds is 10. The van der Waals surface area contributed by atoms with Crippen molar-refractivity contribution in [3.63, 3.8) is 0 Å². The molecular formula is C27H37N5O4. The van der Waals surface area contributed by atoms with Crippen LogP contribution in [0.5, 0.6) is 0 Å². The highest BCUT2D eigenvalue weighted by Gasteiger charge is 2.25. The molecule has 1 aromatic heterocycles. The molecule has 0 bridgehead atoms. The second-order valence-electron chi connectivity index (χ2n) is 9.24. The molecule has 0 aliphatic heterocycles. The van der Waals surface area contributed by atoms with Gasteiger partial charge in [0.15, 0.2) is 0 Å². The lowest BCUT2D eigenvalue weighted by molar-refractivity contribution is -0.126. The van der Waals surface area contributed by atoms with Crippen LogP contribution in [0.4, 0.5) is 16.2 Å². The highest BCUT2D eigenvalue weighted by Crippen LogP contribution is 2.32. The van der Waals surface area contributed by atoms with Gasteiger partial charge in [-0.2, -0.15) is 0 Å². The Balaban J connectivity index is 1.74. The van der Waals surface area contributed by atoms with E-state index in [1.54, 1.807) is 18.3 Å². The molecule has 1 aliphatic rings. The highest BCUT2D eigenvalue weighted by atomic mass is 16.5. The Kier molecular flexibility index (Phi) is 10.2. The Labute approximate surface area is 212 Å². The number of hydrogen-bond acceptors (Lipinski definition) is 6. The fourth-order valence-corrected chi connectivity index (χ4v) is 4.42. The van der Waals surface area contributed by atoms with Crippen molar-refractivity contribution in [2.75, 3.05) is 24.3 Å². The molecule has 194 valence electrons. The number of benzene rings is 1. The van der Waals surface area contributed by atoms with Gasteiger partial charge in [-0.3, -0.25) is 19.9 Å².